The van der Waals surface area contributed by atoms with Gasteiger partial charge in [0.2, 0.25) is 11.8 Å². The molecular formula is C17H23FN2O2S. The molecule has 1 heterocycles. The lowest BCUT2D eigenvalue weighted by Crippen LogP contribution is -2.50. The zero-order chi connectivity index (χ0) is 16.8. The molecule has 0 saturated carbocycles. The SMILES string of the molecule is C[C@@H](Cc1ccccc1F)C(=O)N[C@H](C)C(=O)N1CCSCC1. The minimum absolute atomic E-state index is 0.0447. The van der Waals surface area contributed by atoms with E-state index in [4.69, 9.17) is 0 Å². The Hall–Kier alpha value is -1.56. The maximum absolute atomic E-state index is 13.7. The predicted molar refractivity (Wildman–Crippen MR) is 90.8 cm³/mol. The largest absolute Gasteiger partial charge is 0.344 e. The van der Waals surface area contributed by atoms with E-state index in [1.54, 1.807) is 36.9 Å². The Morgan fingerprint density at radius 3 is 2.57 bits per heavy atom. The summed E-state index contributed by atoms with van der Waals surface area (Å²) in [5.74, 6) is 0.921. The quantitative estimate of drug-likeness (QED) is 0.894. The van der Waals surface area contributed by atoms with Gasteiger partial charge in [-0.2, -0.15) is 11.8 Å². The minimum atomic E-state index is -0.548. The van der Waals surface area contributed by atoms with Crippen LogP contribution in [0.1, 0.15) is 19.4 Å². The van der Waals surface area contributed by atoms with E-state index in [1.165, 1.54) is 6.07 Å². The smallest absolute Gasteiger partial charge is 0.244 e. The lowest BCUT2D eigenvalue weighted by atomic mass is 9.99. The lowest BCUT2D eigenvalue weighted by molar-refractivity contribution is -0.136. The summed E-state index contributed by atoms with van der Waals surface area (Å²) in [6, 6.07) is 5.90. The second kappa shape index (κ2) is 8.34. The molecule has 1 saturated heterocycles. The summed E-state index contributed by atoms with van der Waals surface area (Å²) < 4.78 is 13.7. The zero-order valence-corrected chi connectivity index (χ0v) is 14.4. The molecule has 2 rings (SSSR count). The number of nitrogens with zero attached hydrogens (tertiary/aromatic N) is 1. The van der Waals surface area contributed by atoms with Gasteiger partial charge in [0.15, 0.2) is 0 Å². The number of hydrogen-bond donors (Lipinski definition) is 1. The fourth-order valence-electron chi connectivity index (χ4n) is 2.56. The molecule has 0 radical (unpaired) electrons. The maximum atomic E-state index is 13.7. The van der Waals surface area contributed by atoms with Crippen LogP contribution >= 0.6 is 11.8 Å². The second-order valence-electron chi connectivity index (χ2n) is 5.86. The van der Waals surface area contributed by atoms with Crippen LogP contribution < -0.4 is 5.32 Å². The number of halogens is 1. The van der Waals surface area contributed by atoms with Crippen molar-refractivity contribution in [1.29, 1.82) is 0 Å². The van der Waals surface area contributed by atoms with Crippen LogP contribution in [-0.2, 0) is 16.0 Å². The van der Waals surface area contributed by atoms with E-state index < -0.39 is 6.04 Å². The first-order valence-electron chi connectivity index (χ1n) is 7.89. The summed E-state index contributed by atoms with van der Waals surface area (Å²) in [5, 5.41) is 2.76. The van der Waals surface area contributed by atoms with Gasteiger partial charge in [-0.25, -0.2) is 4.39 Å². The van der Waals surface area contributed by atoms with Gasteiger partial charge in [0.05, 0.1) is 0 Å². The predicted octanol–water partition coefficient (Wildman–Crippen LogP) is 2.08. The van der Waals surface area contributed by atoms with Crippen molar-refractivity contribution < 1.29 is 14.0 Å². The van der Waals surface area contributed by atoms with Crippen LogP contribution in [0.15, 0.2) is 24.3 Å². The number of thioether (sulfide) groups is 1. The first kappa shape index (κ1) is 17.8. The van der Waals surface area contributed by atoms with E-state index in [2.05, 4.69) is 5.32 Å². The van der Waals surface area contributed by atoms with E-state index >= 15 is 0 Å². The average molecular weight is 338 g/mol. The molecule has 0 aromatic heterocycles. The third-order valence-corrected chi connectivity index (χ3v) is 4.93. The van der Waals surface area contributed by atoms with Crippen LogP contribution in [-0.4, -0.2) is 47.4 Å². The number of carbonyl (C=O) groups excluding carboxylic acids is 2. The molecule has 0 spiro atoms. The summed E-state index contributed by atoms with van der Waals surface area (Å²) in [5.41, 5.74) is 0.516. The van der Waals surface area contributed by atoms with Crippen molar-refractivity contribution in [2.75, 3.05) is 24.6 Å². The summed E-state index contributed by atoms with van der Waals surface area (Å²) in [6.45, 7) is 4.91. The van der Waals surface area contributed by atoms with Crippen molar-refractivity contribution in [2.24, 2.45) is 5.92 Å². The van der Waals surface area contributed by atoms with E-state index in [0.29, 0.717) is 12.0 Å². The number of benzene rings is 1. The lowest BCUT2D eigenvalue weighted by Gasteiger charge is -2.29. The molecule has 126 valence electrons. The highest BCUT2D eigenvalue weighted by molar-refractivity contribution is 7.99. The second-order valence-corrected chi connectivity index (χ2v) is 7.09. The minimum Gasteiger partial charge on any atom is -0.344 e. The fraction of sp³-hybridized carbons (Fsp3) is 0.529. The van der Waals surface area contributed by atoms with Gasteiger partial charge >= 0.3 is 0 Å². The van der Waals surface area contributed by atoms with Crippen molar-refractivity contribution in [1.82, 2.24) is 10.2 Å². The molecule has 2 amide bonds. The van der Waals surface area contributed by atoms with Gasteiger partial charge < -0.3 is 10.2 Å². The molecule has 23 heavy (non-hydrogen) atoms. The summed E-state index contributed by atoms with van der Waals surface area (Å²) in [4.78, 5) is 26.4. The first-order chi connectivity index (χ1) is 11.0. The standard InChI is InChI=1S/C17H23FN2O2S/c1-12(11-14-5-3-4-6-15(14)18)16(21)19-13(2)17(22)20-7-9-23-10-8-20/h3-6,12-13H,7-11H2,1-2H3,(H,19,21)/t12-,13+/m0/s1. The van der Waals surface area contributed by atoms with Crippen LogP contribution in [0.4, 0.5) is 4.39 Å². The molecule has 4 nitrogen and oxygen atoms in total. The molecule has 0 aliphatic carbocycles. The third-order valence-electron chi connectivity index (χ3n) is 3.98. The van der Waals surface area contributed by atoms with E-state index in [1.807, 2.05) is 11.8 Å². The molecule has 1 fully saturated rings. The van der Waals surface area contributed by atoms with Crippen LogP contribution in [0.25, 0.3) is 0 Å². The topological polar surface area (TPSA) is 49.4 Å². The van der Waals surface area contributed by atoms with E-state index in [-0.39, 0.29) is 23.5 Å². The molecule has 1 aliphatic heterocycles. The molecular weight excluding hydrogens is 315 g/mol. The Kier molecular flexibility index (Phi) is 6.45. The van der Waals surface area contributed by atoms with Crippen LogP contribution in [0.2, 0.25) is 0 Å². The fourth-order valence-corrected chi connectivity index (χ4v) is 3.46. The van der Waals surface area contributed by atoms with Crippen LogP contribution in [0.5, 0.6) is 0 Å². The molecule has 1 aromatic rings. The van der Waals surface area contributed by atoms with Crippen LogP contribution in [0, 0.1) is 11.7 Å². The number of carbonyl (C=O) groups is 2. The zero-order valence-electron chi connectivity index (χ0n) is 13.5. The Balaban J connectivity index is 1.87. The summed E-state index contributed by atoms with van der Waals surface area (Å²) in [6.07, 6.45) is 0.319. The van der Waals surface area contributed by atoms with E-state index in [9.17, 15) is 14.0 Å². The van der Waals surface area contributed by atoms with Crippen molar-refractivity contribution in [3.05, 3.63) is 35.6 Å². The van der Waals surface area contributed by atoms with Gasteiger partial charge in [-0.3, -0.25) is 9.59 Å². The van der Waals surface area contributed by atoms with Crippen molar-refractivity contribution in [3.63, 3.8) is 0 Å². The number of nitrogens with one attached hydrogen (secondary N) is 1. The highest BCUT2D eigenvalue weighted by atomic mass is 32.2. The average Bonchev–Trinajstić information content (AvgIpc) is 2.56. The molecule has 2 atom stereocenters. The van der Waals surface area contributed by atoms with Gasteiger partial charge in [-0.15, -0.1) is 0 Å². The molecule has 6 heteroatoms. The first-order valence-corrected chi connectivity index (χ1v) is 9.05. The molecule has 1 aromatic carbocycles. The van der Waals surface area contributed by atoms with Gasteiger partial charge in [0, 0.05) is 30.5 Å². The summed E-state index contributed by atoms with van der Waals surface area (Å²) >= 11 is 1.83. The van der Waals surface area contributed by atoms with E-state index in [0.717, 1.165) is 24.6 Å². The van der Waals surface area contributed by atoms with Gasteiger partial charge in [0.25, 0.3) is 0 Å². The summed E-state index contributed by atoms with van der Waals surface area (Å²) in [7, 11) is 0. The molecule has 1 N–H and O–H groups in total. The number of amides is 2. The van der Waals surface area contributed by atoms with Crippen molar-refractivity contribution in [2.45, 2.75) is 26.3 Å². The Morgan fingerprint density at radius 1 is 1.26 bits per heavy atom. The Labute approximate surface area is 140 Å². The van der Waals surface area contributed by atoms with Gasteiger partial charge in [0.1, 0.15) is 11.9 Å². The van der Waals surface area contributed by atoms with Gasteiger partial charge in [-0.1, -0.05) is 25.1 Å². The highest BCUT2D eigenvalue weighted by Gasteiger charge is 2.25. The molecule has 1 aliphatic rings. The molecule has 0 bridgehead atoms. The van der Waals surface area contributed by atoms with Crippen LogP contribution in [0.3, 0.4) is 0 Å². The number of rotatable bonds is 5. The van der Waals surface area contributed by atoms with Crippen molar-refractivity contribution in [3.8, 4) is 0 Å². The molecule has 0 unspecified atom stereocenters. The Morgan fingerprint density at radius 2 is 1.91 bits per heavy atom. The number of hydrogen-bond acceptors (Lipinski definition) is 3. The highest BCUT2D eigenvalue weighted by Crippen LogP contribution is 2.14. The van der Waals surface area contributed by atoms with Gasteiger partial charge in [-0.05, 0) is 25.0 Å². The monoisotopic (exact) mass is 338 g/mol. The van der Waals surface area contributed by atoms with Crippen molar-refractivity contribution >= 4 is 23.6 Å². The Bertz CT molecular complexity index is 561. The maximum Gasteiger partial charge on any atom is 0.244 e. The normalized spacial score (nSPS) is 17.4. The third kappa shape index (κ3) is 4.96.